The average molecular weight is 467 g/mol. The van der Waals surface area contributed by atoms with E-state index < -0.39 is 11.6 Å². The number of carbonyl (C=O) groups is 2. The number of phenolic OH excluding ortho intramolecular Hbond substituents is 1. The zero-order chi connectivity index (χ0) is 23.3. The Morgan fingerprint density at radius 3 is 2.82 bits per heavy atom. The van der Waals surface area contributed by atoms with Gasteiger partial charge in [-0.2, -0.15) is 0 Å². The molecule has 0 spiro atoms. The first-order chi connectivity index (χ1) is 15.8. The van der Waals surface area contributed by atoms with Crippen molar-refractivity contribution in [2.24, 2.45) is 0 Å². The number of hydrogen-bond donors (Lipinski definition) is 3. The van der Waals surface area contributed by atoms with Crippen molar-refractivity contribution < 1.29 is 14.7 Å². The van der Waals surface area contributed by atoms with Gasteiger partial charge in [-0.3, -0.25) is 9.59 Å². The second-order valence-electron chi connectivity index (χ2n) is 9.10. The van der Waals surface area contributed by atoms with E-state index in [-0.39, 0.29) is 24.1 Å². The molecule has 2 aromatic carbocycles. The van der Waals surface area contributed by atoms with Crippen LogP contribution in [0.3, 0.4) is 0 Å². The zero-order valence-corrected chi connectivity index (χ0v) is 19.4. The van der Waals surface area contributed by atoms with Crippen molar-refractivity contribution in [2.75, 3.05) is 26.7 Å². The van der Waals surface area contributed by atoms with Crippen molar-refractivity contribution in [3.8, 4) is 5.75 Å². The topological polar surface area (TPSA) is 88.7 Å². The number of nitrogens with one attached hydrogen (secondary N) is 2. The number of aromatic amines is 1. The lowest BCUT2D eigenvalue weighted by Gasteiger charge is -2.53. The quantitative estimate of drug-likeness (QED) is 0.504. The Labute approximate surface area is 197 Å². The molecule has 33 heavy (non-hydrogen) atoms. The first kappa shape index (κ1) is 21.8. The standard InChI is InChI=1S/C25H27ClN4O3/c1-25-13-19-18-12-16(26)7-8-20(18)28-22(19)23(15-5-3-6-17(31)11-15)30(25)21(32)14-29(24(25)33)10-4-9-27-2/h3,5-8,11-12,23,27-28,31H,4,9-10,13-14H2,1-2H3/t23-,25+/m1/s1. The van der Waals surface area contributed by atoms with E-state index in [1.807, 2.05) is 38.2 Å². The van der Waals surface area contributed by atoms with Gasteiger partial charge in [0.2, 0.25) is 11.8 Å². The molecule has 2 aliphatic rings. The van der Waals surface area contributed by atoms with Crippen LogP contribution in [0.1, 0.15) is 36.2 Å². The predicted octanol–water partition coefficient (Wildman–Crippen LogP) is 3.21. The molecule has 0 unspecified atom stereocenters. The summed E-state index contributed by atoms with van der Waals surface area (Å²) in [5, 5.41) is 14.9. The molecule has 1 fully saturated rings. The largest absolute Gasteiger partial charge is 0.508 e. The highest BCUT2D eigenvalue weighted by molar-refractivity contribution is 6.31. The molecule has 1 saturated heterocycles. The highest BCUT2D eigenvalue weighted by Crippen LogP contribution is 2.47. The second-order valence-corrected chi connectivity index (χ2v) is 9.54. The van der Waals surface area contributed by atoms with E-state index in [1.54, 1.807) is 28.0 Å². The number of aromatic hydroxyl groups is 1. The molecule has 2 atom stereocenters. The third-order valence-corrected chi connectivity index (χ3v) is 7.10. The summed E-state index contributed by atoms with van der Waals surface area (Å²) in [6.45, 7) is 3.21. The van der Waals surface area contributed by atoms with Crippen LogP contribution >= 0.6 is 11.6 Å². The SMILES string of the molecule is CNCCCN1CC(=O)N2[C@H](c3cccc(O)c3)c3[nH]c4ccc(Cl)cc4c3C[C@@]2(C)C1=O. The Morgan fingerprint density at radius 1 is 1.24 bits per heavy atom. The third-order valence-electron chi connectivity index (χ3n) is 6.87. The van der Waals surface area contributed by atoms with Crippen molar-refractivity contribution >= 4 is 34.3 Å². The summed E-state index contributed by atoms with van der Waals surface area (Å²) < 4.78 is 0. The highest BCUT2D eigenvalue weighted by atomic mass is 35.5. The van der Waals surface area contributed by atoms with Crippen LogP contribution in [0, 0.1) is 0 Å². The number of halogens is 1. The number of carbonyl (C=O) groups excluding carboxylic acids is 2. The van der Waals surface area contributed by atoms with Crippen molar-refractivity contribution in [1.29, 1.82) is 0 Å². The number of aromatic nitrogens is 1. The van der Waals surface area contributed by atoms with Crippen molar-refractivity contribution in [1.82, 2.24) is 20.1 Å². The van der Waals surface area contributed by atoms with Crippen LogP contribution in [0.25, 0.3) is 10.9 Å². The van der Waals surface area contributed by atoms with E-state index in [4.69, 9.17) is 11.6 Å². The van der Waals surface area contributed by atoms with E-state index in [1.165, 1.54) is 0 Å². The molecule has 7 nitrogen and oxygen atoms in total. The lowest BCUT2D eigenvalue weighted by molar-refractivity contribution is -0.167. The van der Waals surface area contributed by atoms with Gasteiger partial charge in [0, 0.05) is 34.6 Å². The third kappa shape index (κ3) is 3.47. The minimum atomic E-state index is -1.05. The number of amides is 2. The van der Waals surface area contributed by atoms with Gasteiger partial charge in [0.05, 0.1) is 12.6 Å². The smallest absolute Gasteiger partial charge is 0.249 e. The van der Waals surface area contributed by atoms with Gasteiger partial charge in [0.1, 0.15) is 11.3 Å². The summed E-state index contributed by atoms with van der Waals surface area (Å²) in [6, 6.07) is 12.0. The molecule has 172 valence electrons. The van der Waals surface area contributed by atoms with Crippen LogP contribution < -0.4 is 5.32 Å². The van der Waals surface area contributed by atoms with Crippen LogP contribution in [0.4, 0.5) is 0 Å². The van der Waals surface area contributed by atoms with Crippen LogP contribution in [-0.2, 0) is 16.0 Å². The Morgan fingerprint density at radius 2 is 2.06 bits per heavy atom. The lowest BCUT2D eigenvalue weighted by Crippen LogP contribution is -2.69. The van der Waals surface area contributed by atoms with E-state index in [9.17, 15) is 14.7 Å². The summed E-state index contributed by atoms with van der Waals surface area (Å²) in [6.07, 6.45) is 1.17. The van der Waals surface area contributed by atoms with Gasteiger partial charge in [0.25, 0.3) is 0 Å². The maximum Gasteiger partial charge on any atom is 0.249 e. The lowest BCUT2D eigenvalue weighted by atomic mass is 9.78. The first-order valence-corrected chi connectivity index (χ1v) is 11.6. The molecule has 2 aliphatic heterocycles. The van der Waals surface area contributed by atoms with Crippen LogP contribution in [0.15, 0.2) is 42.5 Å². The Kier molecular flexibility index (Phi) is 5.34. The first-order valence-electron chi connectivity index (χ1n) is 11.2. The highest BCUT2D eigenvalue weighted by Gasteiger charge is 2.55. The monoisotopic (exact) mass is 466 g/mol. The number of H-pyrrole nitrogens is 1. The summed E-state index contributed by atoms with van der Waals surface area (Å²) in [5.74, 6) is -0.0346. The molecule has 5 rings (SSSR count). The van der Waals surface area contributed by atoms with Crippen molar-refractivity contribution in [2.45, 2.75) is 31.3 Å². The summed E-state index contributed by atoms with van der Waals surface area (Å²) >= 11 is 6.32. The van der Waals surface area contributed by atoms with Gasteiger partial charge in [-0.1, -0.05) is 23.7 Å². The molecule has 0 radical (unpaired) electrons. The van der Waals surface area contributed by atoms with E-state index >= 15 is 0 Å². The van der Waals surface area contributed by atoms with E-state index in [0.29, 0.717) is 18.0 Å². The maximum atomic E-state index is 13.8. The van der Waals surface area contributed by atoms with Gasteiger partial charge in [0.15, 0.2) is 0 Å². The maximum absolute atomic E-state index is 13.8. The molecule has 1 aromatic heterocycles. The van der Waals surface area contributed by atoms with Crippen LogP contribution in [-0.4, -0.2) is 63.9 Å². The molecule has 2 amide bonds. The minimum Gasteiger partial charge on any atom is -0.508 e. The Balaban J connectivity index is 1.69. The van der Waals surface area contributed by atoms with Gasteiger partial charge in [-0.15, -0.1) is 0 Å². The van der Waals surface area contributed by atoms with Crippen molar-refractivity contribution in [3.63, 3.8) is 0 Å². The van der Waals surface area contributed by atoms with Gasteiger partial charge in [-0.05, 0) is 68.4 Å². The number of hydrogen-bond acceptors (Lipinski definition) is 4. The molecule has 3 heterocycles. The van der Waals surface area contributed by atoms with Gasteiger partial charge >= 0.3 is 0 Å². The fraction of sp³-hybridized carbons (Fsp3) is 0.360. The molecule has 0 aliphatic carbocycles. The second kappa shape index (κ2) is 8.08. The number of benzene rings is 2. The fourth-order valence-electron chi connectivity index (χ4n) is 5.40. The summed E-state index contributed by atoms with van der Waals surface area (Å²) in [5.41, 5.74) is 2.46. The molecule has 8 heteroatoms. The average Bonchev–Trinajstić information content (AvgIpc) is 3.13. The summed E-state index contributed by atoms with van der Waals surface area (Å²) in [4.78, 5) is 34.3. The minimum absolute atomic E-state index is 0.0504. The number of fused-ring (bicyclic) bond motifs is 4. The van der Waals surface area contributed by atoms with Crippen LogP contribution in [0.5, 0.6) is 5.75 Å². The van der Waals surface area contributed by atoms with E-state index in [0.717, 1.165) is 40.7 Å². The molecular weight excluding hydrogens is 440 g/mol. The molecule has 3 N–H and O–H groups in total. The Bertz CT molecular complexity index is 1260. The number of rotatable bonds is 5. The molecule has 3 aromatic rings. The number of phenols is 1. The zero-order valence-electron chi connectivity index (χ0n) is 18.7. The van der Waals surface area contributed by atoms with Gasteiger partial charge < -0.3 is 25.2 Å². The van der Waals surface area contributed by atoms with E-state index in [2.05, 4.69) is 10.3 Å². The predicted molar refractivity (Wildman–Crippen MR) is 127 cm³/mol. The van der Waals surface area contributed by atoms with Gasteiger partial charge in [-0.25, -0.2) is 0 Å². The van der Waals surface area contributed by atoms with Crippen molar-refractivity contribution in [3.05, 3.63) is 64.3 Å². The van der Waals surface area contributed by atoms with Crippen LogP contribution in [0.2, 0.25) is 5.02 Å². The molecule has 0 saturated carbocycles. The molecular formula is C25H27ClN4O3. The fourth-order valence-corrected chi connectivity index (χ4v) is 5.57. The number of nitrogens with zero attached hydrogens (tertiary/aromatic N) is 2. The number of piperazine rings is 1. The normalized spacial score (nSPS) is 22.6. The Hall–Kier alpha value is -3.03. The summed E-state index contributed by atoms with van der Waals surface area (Å²) in [7, 11) is 1.87. The molecule has 0 bridgehead atoms.